The van der Waals surface area contributed by atoms with Gasteiger partial charge in [0.2, 0.25) is 0 Å². The molecule has 0 aromatic heterocycles. The second-order valence-electron chi connectivity index (χ2n) is 4.42. The third-order valence-electron chi connectivity index (χ3n) is 2.62. The monoisotopic (exact) mass is 247 g/mol. The molecule has 0 aliphatic heterocycles. The number of carbonyl (C=O) groups excluding carboxylic acids is 1. The molecule has 0 aliphatic rings. The average Bonchev–Trinajstić information content (AvgIpc) is 2.32. The number of methoxy groups -OCH3 is 2. The summed E-state index contributed by atoms with van der Waals surface area (Å²) in [7, 11) is 3.05. The van der Waals surface area contributed by atoms with Crippen molar-refractivity contribution < 1.29 is 19.0 Å². The van der Waals surface area contributed by atoms with Gasteiger partial charge in [-0.15, -0.1) is 0 Å². The number of rotatable bonds is 9. The van der Waals surface area contributed by atoms with Crippen LogP contribution in [0.4, 0.5) is 0 Å². The van der Waals surface area contributed by atoms with Crippen molar-refractivity contribution in [3.05, 3.63) is 0 Å². The van der Waals surface area contributed by atoms with Crippen LogP contribution in [0.2, 0.25) is 0 Å². The number of hydrogen-bond acceptors (Lipinski definition) is 5. The Balaban J connectivity index is 3.86. The topological polar surface area (TPSA) is 56.8 Å². The van der Waals surface area contributed by atoms with Gasteiger partial charge in [-0.25, -0.2) is 0 Å². The van der Waals surface area contributed by atoms with Gasteiger partial charge < -0.3 is 19.5 Å². The number of hydrogen-bond donors (Lipinski definition) is 1. The van der Waals surface area contributed by atoms with Gasteiger partial charge in [-0.3, -0.25) is 4.79 Å². The molecule has 0 saturated carbocycles. The highest BCUT2D eigenvalue weighted by Crippen LogP contribution is 2.12. The molecule has 5 heteroatoms. The van der Waals surface area contributed by atoms with Gasteiger partial charge in [-0.1, -0.05) is 6.92 Å². The maximum atomic E-state index is 11.4. The standard InChI is InChI=1S/C12H25NO4/c1-6-13-10(11(14)15-4)9-17-8-7-12(2,3)16-5/h10,13H,6-9H2,1-5H3. The van der Waals surface area contributed by atoms with Gasteiger partial charge in [0.15, 0.2) is 0 Å². The number of carbonyl (C=O) groups is 1. The molecule has 1 atom stereocenters. The first-order valence-corrected chi connectivity index (χ1v) is 5.91. The van der Waals surface area contributed by atoms with Crippen LogP contribution in [0.3, 0.4) is 0 Å². The Bertz CT molecular complexity index is 219. The highest BCUT2D eigenvalue weighted by molar-refractivity contribution is 5.75. The van der Waals surface area contributed by atoms with Crippen LogP contribution in [0.25, 0.3) is 0 Å². The SMILES string of the molecule is CCNC(COCCC(C)(C)OC)C(=O)OC. The summed E-state index contributed by atoms with van der Waals surface area (Å²) in [4.78, 5) is 11.4. The molecule has 0 aromatic rings. The van der Waals surface area contributed by atoms with E-state index in [1.807, 2.05) is 20.8 Å². The first-order chi connectivity index (χ1) is 7.96. The maximum absolute atomic E-state index is 11.4. The molecule has 0 rings (SSSR count). The van der Waals surface area contributed by atoms with Crippen LogP contribution in [-0.4, -0.2) is 51.6 Å². The summed E-state index contributed by atoms with van der Waals surface area (Å²) < 4.78 is 15.4. The molecule has 0 heterocycles. The van der Waals surface area contributed by atoms with Crippen LogP contribution in [0.1, 0.15) is 27.2 Å². The van der Waals surface area contributed by atoms with E-state index in [0.29, 0.717) is 19.8 Å². The highest BCUT2D eigenvalue weighted by atomic mass is 16.5. The predicted octanol–water partition coefficient (Wildman–Crippen LogP) is 0.969. The summed E-state index contributed by atoms with van der Waals surface area (Å²) in [6.45, 7) is 7.51. The lowest BCUT2D eigenvalue weighted by Crippen LogP contribution is -2.41. The van der Waals surface area contributed by atoms with Crippen molar-refractivity contribution in [1.82, 2.24) is 5.32 Å². The largest absolute Gasteiger partial charge is 0.468 e. The van der Waals surface area contributed by atoms with E-state index in [-0.39, 0.29) is 11.6 Å². The quantitative estimate of drug-likeness (QED) is 0.486. The lowest BCUT2D eigenvalue weighted by atomic mass is 10.1. The van der Waals surface area contributed by atoms with E-state index in [0.717, 1.165) is 6.42 Å². The van der Waals surface area contributed by atoms with Crippen LogP contribution in [0, 0.1) is 0 Å². The van der Waals surface area contributed by atoms with Crippen molar-refractivity contribution in [2.24, 2.45) is 0 Å². The van der Waals surface area contributed by atoms with Gasteiger partial charge in [0, 0.05) is 13.7 Å². The molecule has 1 N–H and O–H groups in total. The molecular weight excluding hydrogens is 222 g/mol. The molecule has 0 spiro atoms. The lowest BCUT2D eigenvalue weighted by molar-refractivity contribution is -0.144. The van der Waals surface area contributed by atoms with E-state index in [1.165, 1.54) is 7.11 Å². The number of nitrogens with one attached hydrogen (secondary N) is 1. The van der Waals surface area contributed by atoms with Crippen LogP contribution in [-0.2, 0) is 19.0 Å². The van der Waals surface area contributed by atoms with Crippen molar-refractivity contribution >= 4 is 5.97 Å². The van der Waals surface area contributed by atoms with Crippen molar-refractivity contribution in [1.29, 1.82) is 0 Å². The smallest absolute Gasteiger partial charge is 0.325 e. The fourth-order valence-electron chi connectivity index (χ4n) is 1.22. The maximum Gasteiger partial charge on any atom is 0.325 e. The van der Waals surface area contributed by atoms with E-state index >= 15 is 0 Å². The minimum absolute atomic E-state index is 0.195. The summed E-state index contributed by atoms with van der Waals surface area (Å²) in [5.74, 6) is -0.294. The van der Waals surface area contributed by atoms with Gasteiger partial charge in [0.05, 0.1) is 19.3 Å². The minimum Gasteiger partial charge on any atom is -0.468 e. The minimum atomic E-state index is -0.393. The molecule has 0 aromatic carbocycles. The Morgan fingerprint density at radius 2 is 2.00 bits per heavy atom. The second-order valence-corrected chi connectivity index (χ2v) is 4.42. The Hall–Kier alpha value is -0.650. The Kier molecular flexibility index (Phi) is 8.12. The van der Waals surface area contributed by atoms with Gasteiger partial charge in [-0.05, 0) is 26.8 Å². The first-order valence-electron chi connectivity index (χ1n) is 5.91. The summed E-state index contributed by atoms with van der Waals surface area (Å²) in [5, 5.41) is 3.01. The van der Waals surface area contributed by atoms with E-state index in [2.05, 4.69) is 10.1 Å². The fourth-order valence-corrected chi connectivity index (χ4v) is 1.22. The number of ether oxygens (including phenoxy) is 3. The zero-order valence-electron chi connectivity index (χ0n) is 11.5. The molecule has 0 amide bonds. The molecule has 5 nitrogen and oxygen atoms in total. The van der Waals surface area contributed by atoms with Gasteiger partial charge in [0.25, 0.3) is 0 Å². The molecular formula is C12H25NO4. The molecule has 0 saturated heterocycles. The Labute approximate surface area is 104 Å². The molecule has 17 heavy (non-hydrogen) atoms. The van der Waals surface area contributed by atoms with Gasteiger partial charge in [-0.2, -0.15) is 0 Å². The van der Waals surface area contributed by atoms with Gasteiger partial charge >= 0.3 is 5.97 Å². The normalized spacial score (nSPS) is 13.5. The predicted molar refractivity (Wildman–Crippen MR) is 66.0 cm³/mol. The highest BCUT2D eigenvalue weighted by Gasteiger charge is 2.19. The molecule has 1 unspecified atom stereocenters. The van der Waals surface area contributed by atoms with E-state index < -0.39 is 6.04 Å². The number of likely N-dealkylation sites (N-methyl/N-ethyl adjacent to an activating group) is 1. The Morgan fingerprint density at radius 3 is 2.47 bits per heavy atom. The summed E-state index contributed by atoms with van der Waals surface area (Å²) >= 11 is 0. The molecule has 0 bridgehead atoms. The second kappa shape index (κ2) is 8.44. The Morgan fingerprint density at radius 1 is 1.35 bits per heavy atom. The summed E-state index contributed by atoms with van der Waals surface area (Å²) in [5.41, 5.74) is -0.195. The van der Waals surface area contributed by atoms with Gasteiger partial charge in [0.1, 0.15) is 6.04 Å². The van der Waals surface area contributed by atoms with E-state index in [9.17, 15) is 4.79 Å². The zero-order valence-corrected chi connectivity index (χ0v) is 11.5. The lowest BCUT2D eigenvalue weighted by Gasteiger charge is -2.23. The third-order valence-corrected chi connectivity index (χ3v) is 2.62. The molecule has 102 valence electrons. The molecule has 0 aliphatic carbocycles. The van der Waals surface area contributed by atoms with Crippen molar-refractivity contribution in [2.45, 2.75) is 38.8 Å². The van der Waals surface area contributed by atoms with Crippen molar-refractivity contribution in [3.63, 3.8) is 0 Å². The first kappa shape index (κ1) is 16.4. The molecule has 0 radical (unpaired) electrons. The van der Waals surface area contributed by atoms with Crippen LogP contribution < -0.4 is 5.32 Å². The zero-order chi connectivity index (χ0) is 13.3. The summed E-state index contributed by atoms with van der Waals surface area (Å²) in [6, 6.07) is -0.393. The van der Waals surface area contributed by atoms with Crippen molar-refractivity contribution in [3.8, 4) is 0 Å². The van der Waals surface area contributed by atoms with Crippen molar-refractivity contribution in [2.75, 3.05) is 34.0 Å². The third kappa shape index (κ3) is 7.31. The van der Waals surface area contributed by atoms with Crippen LogP contribution in [0.5, 0.6) is 0 Å². The summed E-state index contributed by atoms with van der Waals surface area (Å²) in [6.07, 6.45) is 0.781. The van der Waals surface area contributed by atoms with E-state index in [4.69, 9.17) is 9.47 Å². The average molecular weight is 247 g/mol. The molecule has 0 fully saturated rings. The van der Waals surface area contributed by atoms with Crippen LogP contribution in [0.15, 0.2) is 0 Å². The number of esters is 1. The fraction of sp³-hybridized carbons (Fsp3) is 0.917. The van der Waals surface area contributed by atoms with Crippen LogP contribution >= 0.6 is 0 Å². The van der Waals surface area contributed by atoms with E-state index in [1.54, 1.807) is 7.11 Å².